The molecule has 5 N–H and O–H groups in total. The summed E-state index contributed by atoms with van der Waals surface area (Å²) in [5.41, 5.74) is 4.39. The Morgan fingerprint density at radius 3 is 2.74 bits per heavy atom. The van der Waals surface area contributed by atoms with Gasteiger partial charge in [0.2, 0.25) is 0 Å². The maximum absolute atomic E-state index is 13.4. The fraction of sp³-hybridized carbons (Fsp3) is 0.688. The van der Waals surface area contributed by atoms with Gasteiger partial charge in [-0.3, -0.25) is 10.5 Å². The third-order valence-electron chi connectivity index (χ3n) is 7.21. The molecule has 2 saturated heterocycles. The molecule has 0 spiro atoms. The second-order valence-electron chi connectivity index (χ2n) is 11.4. The molecule has 3 aliphatic rings. The number of methoxy groups -OCH3 is 1. The van der Waals surface area contributed by atoms with E-state index in [1.807, 2.05) is 6.92 Å². The van der Waals surface area contributed by atoms with Crippen LogP contribution in [0.2, 0.25) is 0 Å². The number of aliphatic hydroxyl groups excluding tert-OH is 1. The standard InChI is InChI=1S/C32H48IN2O9S2/c1-7-9-10-11-25(43-30-29(23(36)16-20(5)42-30)44-26-13-12-21(18-41-26)33-8-2)27-22(14-15-45-46-19(3)4)32(34,39)17-24(37)28(27)35-31(38)40-6/h7,9,14,19-21,23,25-26,29-30,36,39H,8,12-13,15-18,34H2,1-6H3,(H,35,38)/q-1/b9-7-,22-14+/t20-,21-,23+,25+,26+,29-,30+,32+/m1/s1. The number of aliphatic hydroxyl groups is 2. The van der Waals surface area contributed by atoms with E-state index in [1.54, 1.807) is 46.7 Å². The van der Waals surface area contributed by atoms with Crippen LogP contribution in [0.3, 0.4) is 0 Å². The number of hydrogen-bond donors (Lipinski definition) is 4. The first-order valence-electron chi connectivity index (χ1n) is 15.5. The summed E-state index contributed by atoms with van der Waals surface area (Å²) >= 11 is 0.0658. The summed E-state index contributed by atoms with van der Waals surface area (Å²) in [5.74, 6) is 5.71. The van der Waals surface area contributed by atoms with Gasteiger partial charge in [-0.15, -0.1) is 0 Å². The SMILES string of the molecule is C/C=C\C#C[C@H](O[C@@H]1O[C@H](C)C[C@H](O)[C@H]1O[C@H]1CC[C@@H]([I-]CC)CO1)C1=C(NC(=O)OC)C(=O)C[C@](N)(O)/C1=C/CSSC(C)C. The number of ketones is 1. The molecule has 0 aromatic rings. The van der Waals surface area contributed by atoms with Gasteiger partial charge in [0.25, 0.3) is 0 Å². The van der Waals surface area contributed by atoms with Crippen molar-refractivity contribution in [2.24, 2.45) is 5.73 Å². The van der Waals surface area contributed by atoms with Crippen molar-refractivity contribution < 1.29 is 64.7 Å². The van der Waals surface area contributed by atoms with Crippen LogP contribution in [-0.2, 0) is 28.5 Å². The van der Waals surface area contributed by atoms with E-state index in [-0.39, 0.29) is 38.0 Å². The molecule has 0 aromatic heterocycles. The van der Waals surface area contributed by atoms with Crippen molar-refractivity contribution in [2.75, 3.05) is 23.9 Å². The number of halogens is 1. The van der Waals surface area contributed by atoms with Crippen LogP contribution in [-0.4, -0.2) is 97.9 Å². The summed E-state index contributed by atoms with van der Waals surface area (Å²) in [6.45, 7) is 10.6. The second-order valence-corrected chi connectivity index (χ2v) is 18.5. The number of alkyl halides is 2. The van der Waals surface area contributed by atoms with E-state index in [0.717, 1.165) is 6.42 Å². The van der Waals surface area contributed by atoms with E-state index in [0.29, 0.717) is 34.4 Å². The summed E-state index contributed by atoms with van der Waals surface area (Å²) < 4.78 is 31.6. The Balaban J connectivity index is 2.06. The van der Waals surface area contributed by atoms with E-state index >= 15 is 0 Å². The van der Waals surface area contributed by atoms with Gasteiger partial charge in [0, 0.05) is 11.0 Å². The summed E-state index contributed by atoms with van der Waals surface area (Å²) in [7, 11) is 4.37. The van der Waals surface area contributed by atoms with Gasteiger partial charge in [-0.05, 0) is 6.92 Å². The molecule has 0 radical (unpaired) electrons. The molecule has 2 aliphatic heterocycles. The zero-order valence-corrected chi connectivity index (χ0v) is 31.1. The van der Waals surface area contributed by atoms with Gasteiger partial charge in [-0.25, -0.2) is 4.79 Å². The van der Waals surface area contributed by atoms with Gasteiger partial charge >= 0.3 is 194 Å². The Morgan fingerprint density at radius 1 is 1.35 bits per heavy atom. The zero-order valence-electron chi connectivity index (χ0n) is 27.3. The Kier molecular flexibility index (Phi) is 16.4. The minimum atomic E-state index is -2.08. The number of ether oxygens (including phenoxy) is 5. The molecule has 0 bridgehead atoms. The van der Waals surface area contributed by atoms with Crippen molar-refractivity contribution in [1.29, 1.82) is 0 Å². The van der Waals surface area contributed by atoms with Crippen LogP contribution in [0.1, 0.15) is 60.3 Å². The normalized spacial score (nSPS) is 32.1. The van der Waals surface area contributed by atoms with Crippen LogP contribution in [0.25, 0.3) is 0 Å². The van der Waals surface area contributed by atoms with E-state index in [1.165, 1.54) is 11.5 Å². The van der Waals surface area contributed by atoms with Crippen LogP contribution in [0.15, 0.2) is 35.1 Å². The minimum absolute atomic E-state index is 0.0658. The van der Waals surface area contributed by atoms with Gasteiger partial charge in [-0.2, -0.15) is 0 Å². The van der Waals surface area contributed by atoms with E-state index in [2.05, 4.69) is 37.9 Å². The number of carbonyl (C=O) groups is 2. The smallest absolute Gasteiger partial charge is 0.0910 e. The van der Waals surface area contributed by atoms with Crippen molar-refractivity contribution in [3.63, 3.8) is 0 Å². The van der Waals surface area contributed by atoms with Crippen LogP contribution >= 0.6 is 21.6 Å². The first-order chi connectivity index (χ1) is 21.9. The van der Waals surface area contributed by atoms with Crippen molar-refractivity contribution in [1.82, 2.24) is 5.32 Å². The third kappa shape index (κ3) is 11.5. The number of allylic oxidation sites excluding steroid dienone is 3. The topological polar surface area (TPSA) is 159 Å². The van der Waals surface area contributed by atoms with Gasteiger partial charge in [0.1, 0.15) is 0 Å². The Morgan fingerprint density at radius 2 is 2.11 bits per heavy atom. The van der Waals surface area contributed by atoms with Crippen molar-refractivity contribution in [3.8, 4) is 11.8 Å². The molecular formula is C32H48IN2O9S2-. The first-order valence-corrected chi connectivity index (χ1v) is 20.6. The average molecular weight is 796 g/mol. The predicted molar refractivity (Wildman–Crippen MR) is 175 cm³/mol. The number of alkyl carbamates (subject to hydrolysis) is 1. The minimum Gasteiger partial charge on any atom is -0.0910 e. The molecule has 1 aliphatic carbocycles. The summed E-state index contributed by atoms with van der Waals surface area (Å²) in [6, 6.07) is 0. The first kappa shape index (κ1) is 39.3. The van der Waals surface area contributed by atoms with E-state index in [4.69, 9.17) is 29.4 Å². The Bertz CT molecular complexity index is 1190. The van der Waals surface area contributed by atoms with Crippen LogP contribution in [0.5, 0.6) is 0 Å². The van der Waals surface area contributed by atoms with Gasteiger partial charge < -0.3 is 9.84 Å². The number of hydrogen-bond acceptors (Lipinski definition) is 12. The second kappa shape index (κ2) is 19.2. The molecule has 2 heterocycles. The summed E-state index contributed by atoms with van der Waals surface area (Å²) in [5, 5.41) is 25.4. The Hall–Kier alpha value is -1.13. The molecule has 0 saturated carbocycles. The molecule has 11 nitrogen and oxygen atoms in total. The number of nitrogens with two attached hydrogens (primary N) is 1. The number of nitrogens with one attached hydrogen (secondary N) is 1. The fourth-order valence-electron chi connectivity index (χ4n) is 5.20. The number of carbonyl (C=O) groups excluding carboxylic acids is 2. The predicted octanol–water partition coefficient (Wildman–Crippen LogP) is 0.393. The van der Waals surface area contributed by atoms with E-state index < -0.39 is 61.0 Å². The molecule has 260 valence electrons. The zero-order chi connectivity index (χ0) is 33.9. The Labute approximate surface area is 290 Å². The fourth-order valence-corrected chi connectivity index (χ4v) is 9.55. The number of amides is 1. The molecular weight excluding hydrogens is 747 g/mol. The van der Waals surface area contributed by atoms with Crippen LogP contribution < -0.4 is 32.3 Å². The average Bonchev–Trinajstić information content (AvgIpc) is 2.99. The molecule has 8 atom stereocenters. The molecule has 3 rings (SSSR count). The molecule has 46 heavy (non-hydrogen) atoms. The van der Waals surface area contributed by atoms with Crippen molar-refractivity contribution >= 4 is 33.5 Å². The molecule has 0 unspecified atom stereocenters. The molecule has 14 heteroatoms. The van der Waals surface area contributed by atoms with Crippen LogP contribution in [0.4, 0.5) is 4.79 Å². The quantitative estimate of drug-likeness (QED) is 0.0539. The van der Waals surface area contributed by atoms with Gasteiger partial charge in [0.05, 0.1) is 13.5 Å². The molecule has 1 amide bonds. The molecule has 2 fully saturated rings. The monoisotopic (exact) mass is 795 g/mol. The maximum atomic E-state index is 13.4. The van der Waals surface area contributed by atoms with E-state index in [9.17, 15) is 19.8 Å². The van der Waals surface area contributed by atoms with Gasteiger partial charge in [-0.1, -0.05) is 41.5 Å². The van der Waals surface area contributed by atoms with Crippen LogP contribution in [0, 0.1) is 11.8 Å². The van der Waals surface area contributed by atoms with Crippen molar-refractivity contribution in [3.05, 3.63) is 35.1 Å². The van der Waals surface area contributed by atoms with Gasteiger partial charge in [0.15, 0.2) is 0 Å². The number of rotatable bonds is 12. The summed E-state index contributed by atoms with van der Waals surface area (Å²) in [6.07, 6.45) is 0.447. The molecule has 0 aromatic carbocycles. The number of Topliss-reactive ketones (excluding diaryl/α,β-unsaturated/α-hetero) is 1. The third-order valence-corrected chi connectivity index (χ3v) is 13.1. The van der Waals surface area contributed by atoms with Crippen molar-refractivity contribution in [2.45, 2.75) is 112 Å². The summed E-state index contributed by atoms with van der Waals surface area (Å²) in [4.78, 5) is 25.9.